The lowest BCUT2D eigenvalue weighted by molar-refractivity contribution is -0.120. The maximum absolute atomic E-state index is 11.9. The van der Waals surface area contributed by atoms with Crippen molar-refractivity contribution < 1.29 is 4.79 Å². The molecule has 1 saturated heterocycles. The first kappa shape index (κ1) is 11.4. The summed E-state index contributed by atoms with van der Waals surface area (Å²) in [5.41, 5.74) is 7.59. The van der Waals surface area contributed by atoms with Crippen molar-refractivity contribution in [1.29, 1.82) is 0 Å². The molecule has 4 heteroatoms. The number of halogens is 1. The molecule has 1 aromatic carbocycles. The van der Waals surface area contributed by atoms with Crippen LogP contribution in [0, 0.1) is 6.92 Å². The predicted molar refractivity (Wildman–Crippen MR) is 65.8 cm³/mol. The SMILES string of the molecule is Cc1c(Cl)cccc1N1CCCC(N)C1=O. The number of nitrogens with two attached hydrogens (primary N) is 1. The van der Waals surface area contributed by atoms with Crippen molar-refractivity contribution in [2.75, 3.05) is 11.4 Å². The Labute approximate surface area is 100 Å². The van der Waals surface area contributed by atoms with E-state index in [0.717, 1.165) is 30.6 Å². The van der Waals surface area contributed by atoms with Crippen LogP contribution in [0.2, 0.25) is 5.02 Å². The van der Waals surface area contributed by atoms with Gasteiger partial charge in [-0.3, -0.25) is 4.79 Å². The van der Waals surface area contributed by atoms with Crippen molar-refractivity contribution >= 4 is 23.2 Å². The summed E-state index contributed by atoms with van der Waals surface area (Å²) < 4.78 is 0. The fourth-order valence-corrected chi connectivity index (χ4v) is 2.20. The first-order valence-corrected chi connectivity index (χ1v) is 5.81. The number of hydrogen-bond acceptors (Lipinski definition) is 2. The molecule has 1 fully saturated rings. The molecule has 86 valence electrons. The summed E-state index contributed by atoms with van der Waals surface area (Å²) >= 11 is 6.05. The average Bonchev–Trinajstić information content (AvgIpc) is 2.27. The molecule has 0 bridgehead atoms. The van der Waals surface area contributed by atoms with Gasteiger partial charge in [0.1, 0.15) is 0 Å². The van der Waals surface area contributed by atoms with Crippen LogP contribution in [-0.2, 0) is 4.79 Å². The van der Waals surface area contributed by atoms with Gasteiger partial charge in [-0.15, -0.1) is 0 Å². The van der Waals surface area contributed by atoms with Crippen LogP contribution in [-0.4, -0.2) is 18.5 Å². The van der Waals surface area contributed by atoms with Crippen molar-refractivity contribution in [3.8, 4) is 0 Å². The number of piperidine rings is 1. The number of amides is 1. The van der Waals surface area contributed by atoms with Gasteiger partial charge >= 0.3 is 0 Å². The molecular weight excluding hydrogens is 224 g/mol. The zero-order chi connectivity index (χ0) is 11.7. The molecule has 0 radical (unpaired) electrons. The third kappa shape index (κ3) is 1.93. The van der Waals surface area contributed by atoms with Crippen molar-refractivity contribution in [3.63, 3.8) is 0 Å². The number of hydrogen-bond donors (Lipinski definition) is 1. The number of rotatable bonds is 1. The fraction of sp³-hybridized carbons (Fsp3) is 0.417. The molecule has 1 unspecified atom stereocenters. The van der Waals surface area contributed by atoms with Crippen LogP contribution >= 0.6 is 11.6 Å². The van der Waals surface area contributed by atoms with E-state index < -0.39 is 0 Å². The van der Waals surface area contributed by atoms with E-state index in [0.29, 0.717) is 5.02 Å². The van der Waals surface area contributed by atoms with Crippen LogP contribution in [0.1, 0.15) is 18.4 Å². The molecule has 3 nitrogen and oxygen atoms in total. The zero-order valence-electron chi connectivity index (χ0n) is 9.24. The predicted octanol–water partition coefficient (Wildman–Crippen LogP) is 2.10. The van der Waals surface area contributed by atoms with E-state index in [2.05, 4.69) is 0 Å². The topological polar surface area (TPSA) is 46.3 Å². The summed E-state index contributed by atoms with van der Waals surface area (Å²) in [6.07, 6.45) is 1.72. The molecular formula is C12H15ClN2O. The largest absolute Gasteiger partial charge is 0.320 e. The lowest BCUT2D eigenvalue weighted by Crippen LogP contribution is -2.48. The third-order valence-electron chi connectivity index (χ3n) is 3.01. The summed E-state index contributed by atoms with van der Waals surface area (Å²) in [5, 5.41) is 0.685. The zero-order valence-corrected chi connectivity index (χ0v) is 10.00. The number of anilines is 1. The molecule has 2 rings (SSSR count). The lowest BCUT2D eigenvalue weighted by atomic mass is 10.0. The Balaban J connectivity index is 2.36. The summed E-state index contributed by atoms with van der Waals surface area (Å²) in [6, 6.07) is 5.23. The smallest absolute Gasteiger partial charge is 0.243 e. The van der Waals surface area contributed by atoms with Crippen LogP contribution in [0.5, 0.6) is 0 Å². The highest BCUT2D eigenvalue weighted by atomic mass is 35.5. The van der Waals surface area contributed by atoms with E-state index in [-0.39, 0.29) is 11.9 Å². The highest BCUT2D eigenvalue weighted by molar-refractivity contribution is 6.31. The second-order valence-electron chi connectivity index (χ2n) is 4.12. The van der Waals surface area contributed by atoms with Gasteiger partial charge in [-0.05, 0) is 37.5 Å². The standard InChI is InChI=1S/C12H15ClN2O/c1-8-9(13)4-2-6-11(8)15-7-3-5-10(14)12(15)16/h2,4,6,10H,3,5,7,14H2,1H3. The number of carbonyl (C=O) groups excluding carboxylic acids is 1. The maximum Gasteiger partial charge on any atom is 0.243 e. The molecule has 0 saturated carbocycles. The summed E-state index contributed by atoms with van der Waals surface area (Å²) in [7, 11) is 0. The Morgan fingerprint density at radius 2 is 2.25 bits per heavy atom. The van der Waals surface area contributed by atoms with Crippen LogP contribution in [0.3, 0.4) is 0 Å². The average molecular weight is 239 g/mol. The second-order valence-corrected chi connectivity index (χ2v) is 4.53. The Bertz CT molecular complexity index is 419. The van der Waals surface area contributed by atoms with Gasteiger partial charge in [0, 0.05) is 17.3 Å². The molecule has 0 aliphatic carbocycles. The third-order valence-corrected chi connectivity index (χ3v) is 3.42. The minimum Gasteiger partial charge on any atom is -0.320 e. The van der Waals surface area contributed by atoms with Gasteiger partial charge in [-0.2, -0.15) is 0 Å². The first-order chi connectivity index (χ1) is 7.61. The van der Waals surface area contributed by atoms with E-state index in [1.165, 1.54) is 0 Å². The lowest BCUT2D eigenvalue weighted by Gasteiger charge is -2.31. The summed E-state index contributed by atoms with van der Waals surface area (Å²) in [6.45, 7) is 2.65. The minimum absolute atomic E-state index is 0.00313. The van der Waals surface area contributed by atoms with Crippen LogP contribution in [0.25, 0.3) is 0 Å². The van der Waals surface area contributed by atoms with Gasteiger partial charge in [0.2, 0.25) is 5.91 Å². The van der Waals surface area contributed by atoms with Gasteiger partial charge in [-0.25, -0.2) is 0 Å². The summed E-state index contributed by atoms with van der Waals surface area (Å²) in [4.78, 5) is 13.7. The van der Waals surface area contributed by atoms with E-state index in [1.807, 2.05) is 25.1 Å². The molecule has 1 aliphatic heterocycles. The molecule has 1 amide bonds. The maximum atomic E-state index is 11.9. The quantitative estimate of drug-likeness (QED) is 0.815. The number of benzene rings is 1. The van der Waals surface area contributed by atoms with Gasteiger partial charge in [0.15, 0.2) is 0 Å². The number of carbonyl (C=O) groups is 1. The highest BCUT2D eigenvalue weighted by Gasteiger charge is 2.27. The molecule has 1 heterocycles. The molecule has 1 aromatic rings. The normalized spacial score (nSPS) is 21.3. The molecule has 16 heavy (non-hydrogen) atoms. The Kier molecular flexibility index (Phi) is 3.17. The van der Waals surface area contributed by atoms with E-state index >= 15 is 0 Å². The van der Waals surface area contributed by atoms with E-state index in [4.69, 9.17) is 17.3 Å². The Hall–Kier alpha value is -1.06. The second kappa shape index (κ2) is 4.44. The summed E-state index contributed by atoms with van der Waals surface area (Å²) in [5.74, 6) is -0.00313. The molecule has 0 spiro atoms. The van der Waals surface area contributed by atoms with Crippen molar-refractivity contribution in [1.82, 2.24) is 0 Å². The minimum atomic E-state index is -0.368. The van der Waals surface area contributed by atoms with Gasteiger partial charge in [0.25, 0.3) is 0 Å². The van der Waals surface area contributed by atoms with Crippen LogP contribution in [0.15, 0.2) is 18.2 Å². The number of nitrogens with zero attached hydrogens (tertiary/aromatic N) is 1. The molecule has 2 N–H and O–H groups in total. The molecule has 0 aromatic heterocycles. The highest BCUT2D eigenvalue weighted by Crippen LogP contribution is 2.28. The van der Waals surface area contributed by atoms with Crippen molar-refractivity contribution in [2.24, 2.45) is 5.73 Å². The Morgan fingerprint density at radius 1 is 1.50 bits per heavy atom. The first-order valence-electron chi connectivity index (χ1n) is 5.43. The fourth-order valence-electron chi connectivity index (χ4n) is 2.03. The monoisotopic (exact) mass is 238 g/mol. The van der Waals surface area contributed by atoms with Gasteiger partial charge < -0.3 is 10.6 Å². The Morgan fingerprint density at radius 3 is 3.00 bits per heavy atom. The van der Waals surface area contributed by atoms with Crippen molar-refractivity contribution in [3.05, 3.63) is 28.8 Å². The van der Waals surface area contributed by atoms with Crippen LogP contribution in [0.4, 0.5) is 5.69 Å². The molecule has 1 atom stereocenters. The van der Waals surface area contributed by atoms with E-state index in [9.17, 15) is 4.79 Å². The van der Waals surface area contributed by atoms with Gasteiger partial charge in [0.05, 0.1) is 6.04 Å². The van der Waals surface area contributed by atoms with Crippen molar-refractivity contribution in [2.45, 2.75) is 25.8 Å². The molecule has 1 aliphatic rings. The van der Waals surface area contributed by atoms with Crippen LogP contribution < -0.4 is 10.6 Å². The van der Waals surface area contributed by atoms with E-state index in [1.54, 1.807) is 4.90 Å². The van der Waals surface area contributed by atoms with Gasteiger partial charge in [-0.1, -0.05) is 17.7 Å².